The van der Waals surface area contributed by atoms with Gasteiger partial charge in [0.25, 0.3) is 0 Å². The van der Waals surface area contributed by atoms with Crippen molar-refractivity contribution in [3.63, 3.8) is 0 Å². The second-order valence-electron chi connectivity index (χ2n) is 3.87. The molecule has 0 amide bonds. The molecule has 0 fully saturated rings. The monoisotopic (exact) mass is 342 g/mol. The summed E-state index contributed by atoms with van der Waals surface area (Å²) in [6.45, 7) is 4.23. The molecule has 0 aliphatic rings. The van der Waals surface area contributed by atoms with Crippen LogP contribution >= 0.6 is 31.9 Å². The van der Waals surface area contributed by atoms with Gasteiger partial charge in [0.2, 0.25) is 0 Å². The maximum absolute atomic E-state index is 5.26. The molecule has 0 N–H and O–H groups in total. The Balaban J connectivity index is 2.41. The molecule has 16 heavy (non-hydrogen) atoms. The molecule has 0 radical (unpaired) electrons. The third kappa shape index (κ3) is 2.25. The van der Waals surface area contributed by atoms with E-state index in [1.165, 1.54) is 16.7 Å². The van der Waals surface area contributed by atoms with Gasteiger partial charge in [-0.2, -0.15) is 0 Å². The van der Waals surface area contributed by atoms with Gasteiger partial charge in [-0.25, -0.2) is 0 Å². The lowest BCUT2D eigenvalue weighted by molar-refractivity contribution is 0.537. The Morgan fingerprint density at radius 2 is 1.88 bits per heavy atom. The molecule has 1 atom stereocenters. The fourth-order valence-electron chi connectivity index (χ4n) is 1.76. The molecular weight excluding hydrogens is 332 g/mol. The highest BCUT2D eigenvalue weighted by Crippen LogP contribution is 2.37. The van der Waals surface area contributed by atoms with Gasteiger partial charge < -0.3 is 4.42 Å². The van der Waals surface area contributed by atoms with Gasteiger partial charge in [0.05, 0.1) is 11.1 Å². The second-order valence-corrected chi connectivity index (χ2v) is 5.51. The van der Waals surface area contributed by atoms with Crippen molar-refractivity contribution < 1.29 is 4.42 Å². The zero-order chi connectivity index (χ0) is 11.7. The molecule has 2 aromatic rings. The first-order chi connectivity index (χ1) is 7.59. The van der Waals surface area contributed by atoms with Crippen LogP contribution in [0.15, 0.2) is 39.6 Å². The van der Waals surface area contributed by atoms with Crippen molar-refractivity contribution in [1.29, 1.82) is 0 Å². The zero-order valence-corrected chi connectivity index (χ0v) is 12.3. The zero-order valence-electron chi connectivity index (χ0n) is 9.13. The first-order valence-electron chi connectivity index (χ1n) is 5.03. The predicted octanol–water partition coefficient (Wildman–Crippen LogP) is 5.14. The van der Waals surface area contributed by atoms with Crippen molar-refractivity contribution in [1.82, 2.24) is 0 Å². The van der Waals surface area contributed by atoms with E-state index in [2.05, 4.69) is 63.9 Å². The summed E-state index contributed by atoms with van der Waals surface area (Å²) in [5.74, 6) is 0. The number of furan rings is 1. The normalized spacial score (nSPS) is 12.8. The average molecular weight is 344 g/mol. The molecule has 1 unspecified atom stereocenters. The molecule has 0 spiro atoms. The largest absolute Gasteiger partial charge is 0.457 e. The maximum Gasteiger partial charge on any atom is 0.173 e. The van der Waals surface area contributed by atoms with Crippen LogP contribution in [0.3, 0.4) is 0 Å². The smallest absolute Gasteiger partial charge is 0.173 e. The van der Waals surface area contributed by atoms with Gasteiger partial charge in [0, 0.05) is 5.56 Å². The molecule has 0 saturated carbocycles. The van der Waals surface area contributed by atoms with Crippen LogP contribution in [0.25, 0.3) is 0 Å². The fourth-order valence-corrected chi connectivity index (χ4v) is 3.41. The molecule has 0 aliphatic heterocycles. The Hall–Kier alpha value is -0.540. The number of hydrogen-bond donors (Lipinski definition) is 0. The minimum Gasteiger partial charge on any atom is -0.457 e. The van der Waals surface area contributed by atoms with E-state index in [-0.39, 0.29) is 4.83 Å². The van der Waals surface area contributed by atoms with E-state index in [1.54, 1.807) is 6.26 Å². The van der Waals surface area contributed by atoms with E-state index in [4.69, 9.17) is 4.42 Å². The number of benzene rings is 1. The Morgan fingerprint density at radius 1 is 1.12 bits per heavy atom. The van der Waals surface area contributed by atoms with Crippen LogP contribution in [0, 0.1) is 13.8 Å². The lowest BCUT2D eigenvalue weighted by Crippen LogP contribution is -1.95. The van der Waals surface area contributed by atoms with Crippen LogP contribution in [-0.4, -0.2) is 0 Å². The quantitative estimate of drug-likeness (QED) is 0.688. The third-order valence-corrected chi connectivity index (χ3v) is 4.25. The minimum atomic E-state index is 0.168. The molecule has 0 saturated heterocycles. The number of alkyl halides is 1. The summed E-state index contributed by atoms with van der Waals surface area (Å²) in [7, 11) is 0. The van der Waals surface area contributed by atoms with E-state index in [0.29, 0.717) is 0 Å². The summed E-state index contributed by atoms with van der Waals surface area (Å²) < 4.78 is 6.04. The first-order valence-corrected chi connectivity index (χ1v) is 6.74. The summed E-state index contributed by atoms with van der Waals surface area (Å²) in [4.78, 5) is 0.168. The van der Waals surface area contributed by atoms with E-state index in [1.807, 2.05) is 6.07 Å². The number of rotatable bonds is 2. The molecule has 84 valence electrons. The summed E-state index contributed by atoms with van der Waals surface area (Å²) in [6, 6.07) is 8.45. The van der Waals surface area contributed by atoms with Gasteiger partial charge in [-0.3, -0.25) is 0 Å². The molecule has 0 aliphatic carbocycles. The Bertz CT molecular complexity index is 502. The average Bonchev–Trinajstić information content (AvgIpc) is 2.63. The van der Waals surface area contributed by atoms with E-state index in [9.17, 15) is 0 Å². The van der Waals surface area contributed by atoms with Gasteiger partial charge in [0.1, 0.15) is 0 Å². The van der Waals surface area contributed by atoms with Crippen molar-refractivity contribution >= 4 is 31.9 Å². The van der Waals surface area contributed by atoms with Crippen LogP contribution < -0.4 is 0 Å². The highest BCUT2D eigenvalue weighted by molar-refractivity contribution is 9.10. The molecular formula is C13H12Br2O. The van der Waals surface area contributed by atoms with Crippen LogP contribution in [0.5, 0.6) is 0 Å². The second kappa shape index (κ2) is 4.76. The van der Waals surface area contributed by atoms with Crippen molar-refractivity contribution in [2.75, 3.05) is 0 Å². The van der Waals surface area contributed by atoms with Gasteiger partial charge >= 0.3 is 0 Å². The Morgan fingerprint density at radius 3 is 2.44 bits per heavy atom. The van der Waals surface area contributed by atoms with Crippen LogP contribution in [0.2, 0.25) is 0 Å². The molecule has 1 heterocycles. The highest BCUT2D eigenvalue weighted by Gasteiger charge is 2.17. The van der Waals surface area contributed by atoms with Crippen molar-refractivity contribution in [2.24, 2.45) is 0 Å². The van der Waals surface area contributed by atoms with Crippen molar-refractivity contribution in [2.45, 2.75) is 18.7 Å². The summed E-state index contributed by atoms with van der Waals surface area (Å²) in [5, 5.41) is 0. The number of aryl methyl sites for hydroxylation is 2. The Labute approximate surface area is 112 Å². The van der Waals surface area contributed by atoms with Crippen molar-refractivity contribution in [3.8, 4) is 0 Å². The molecule has 3 heteroatoms. The van der Waals surface area contributed by atoms with Crippen LogP contribution in [-0.2, 0) is 0 Å². The van der Waals surface area contributed by atoms with Gasteiger partial charge in [-0.05, 0) is 47.0 Å². The van der Waals surface area contributed by atoms with Crippen LogP contribution in [0.4, 0.5) is 0 Å². The van der Waals surface area contributed by atoms with Gasteiger partial charge in [0.15, 0.2) is 4.67 Å². The molecule has 1 aromatic heterocycles. The topological polar surface area (TPSA) is 13.1 Å². The van der Waals surface area contributed by atoms with E-state index >= 15 is 0 Å². The standard InChI is InChI=1S/C13H12Br2O/c1-8-3-4-10(9(2)7-8)12(14)11-5-6-16-13(11)15/h3-7,12H,1-2H3. The summed E-state index contributed by atoms with van der Waals surface area (Å²) >= 11 is 7.12. The summed E-state index contributed by atoms with van der Waals surface area (Å²) in [5.41, 5.74) is 4.96. The lowest BCUT2D eigenvalue weighted by atomic mass is 10.0. The predicted molar refractivity (Wildman–Crippen MR) is 73.1 cm³/mol. The number of halogens is 2. The van der Waals surface area contributed by atoms with Crippen molar-refractivity contribution in [3.05, 3.63) is 57.5 Å². The Kier molecular flexibility index (Phi) is 3.55. The first kappa shape index (κ1) is 11.9. The maximum atomic E-state index is 5.26. The lowest BCUT2D eigenvalue weighted by Gasteiger charge is -2.12. The van der Waals surface area contributed by atoms with E-state index < -0.39 is 0 Å². The summed E-state index contributed by atoms with van der Waals surface area (Å²) in [6.07, 6.45) is 1.69. The third-order valence-electron chi connectivity index (χ3n) is 2.62. The molecule has 1 nitrogen and oxygen atoms in total. The fraction of sp³-hybridized carbons (Fsp3) is 0.231. The highest BCUT2D eigenvalue weighted by atomic mass is 79.9. The van der Waals surface area contributed by atoms with Crippen LogP contribution in [0.1, 0.15) is 27.1 Å². The van der Waals surface area contributed by atoms with E-state index in [0.717, 1.165) is 10.2 Å². The van der Waals surface area contributed by atoms with Gasteiger partial charge in [-0.1, -0.05) is 39.7 Å². The minimum absolute atomic E-state index is 0.168. The molecule has 1 aromatic carbocycles. The molecule has 0 bridgehead atoms. The number of hydrogen-bond acceptors (Lipinski definition) is 1. The molecule has 2 rings (SSSR count). The SMILES string of the molecule is Cc1ccc(C(Br)c2ccoc2Br)c(C)c1. The van der Waals surface area contributed by atoms with Gasteiger partial charge in [-0.15, -0.1) is 0 Å².